The van der Waals surface area contributed by atoms with Gasteiger partial charge in [-0.25, -0.2) is 0 Å². The second kappa shape index (κ2) is 23.2. The second-order valence-electron chi connectivity index (χ2n) is 11.6. The average Bonchev–Trinajstić information content (AvgIpc) is 3.14. The summed E-state index contributed by atoms with van der Waals surface area (Å²) in [6.07, 6.45) is 2.38. The minimum absolute atomic E-state index is 0.118. The van der Waals surface area contributed by atoms with Crippen LogP contribution in [0.3, 0.4) is 0 Å². The largest absolute Gasteiger partial charge is 0.493 e. The van der Waals surface area contributed by atoms with Crippen molar-refractivity contribution < 1.29 is 38.1 Å². The van der Waals surface area contributed by atoms with Crippen molar-refractivity contribution in [2.75, 3.05) is 109 Å². The molecule has 13 nitrogen and oxygen atoms in total. The number of hydrogen-bond donors (Lipinski definition) is 2. The van der Waals surface area contributed by atoms with Gasteiger partial charge in [0.05, 0.1) is 56.7 Å². The quantitative estimate of drug-likeness (QED) is 0.0660. The maximum Gasteiger partial charge on any atom is 0.251 e. The van der Waals surface area contributed by atoms with E-state index in [2.05, 4.69) is 14.9 Å². The maximum absolute atomic E-state index is 12.9. The van der Waals surface area contributed by atoms with Crippen LogP contribution >= 0.6 is 11.9 Å². The highest BCUT2D eigenvalue weighted by molar-refractivity contribution is 8.00. The molecule has 0 fully saturated rings. The van der Waals surface area contributed by atoms with Crippen LogP contribution in [-0.4, -0.2) is 118 Å². The Bertz CT molecular complexity index is 1510. The zero-order valence-electron chi connectivity index (χ0n) is 30.2. The molecule has 3 aromatic carbocycles. The van der Waals surface area contributed by atoms with Crippen LogP contribution in [0.5, 0.6) is 17.2 Å². The molecule has 3 rings (SSSR count). The molecule has 2 N–H and O–H groups in total. The van der Waals surface area contributed by atoms with Gasteiger partial charge in [0, 0.05) is 63.4 Å². The van der Waals surface area contributed by atoms with Crippen molar-refractivity contribution in [1.29, 1.82) is 0 Å². The number of ether oxygens (including phenoxy) is 5. The number of rotatable bonds is 26. The van der Waals surface area contributed by atoms with Crippen LogP contribution in [0.25, 0.3) is 0 Å². The SMILES string of the molecule is CCCOc1cccc(Oc2cc(N(C)C=O)c(N(C)C)cc2NSc2cccc(C(=O)NCCOCCOCCN(C)CCOCC=O)c2)c1. The van der Waals surface area contributed by atoms with E-state index < -0.39 is 0 Å². The predicted octanol–water partition coefficient (Wildman–Crippen LogP) is 4.96. The van der Waals surface area contributed by atoms with Gasteiger partial charge in [0.25, 0.3) is 5.91 Å². The minimum atomic E-state index is -0.206. The van der Waals surface area contributed by atoms with Gasteiger partial charge in [0.15, 0.2) is 5.75 Å². The zero-order valence-corrected chi connectivity index (χ0v) is 31.0. The van der Waals surface area contributed by atoms with Crippen molar-refractivity contribution in [3.05, 3.63) is 66.2 Å². The first-order valence-electron chi connectivity index (χ1n) is 16.9. The topological polar surface area (TPSA) is 131 Å². The van der Waals surface area contributed by atoms with Crippen LogP contribution in [0.15, 0.2) is 65.6 Å². The fourth-order valence-corrected chi connectivity index (χ4v) is 5.27. The molecule has 0 aliphatic heterocycles. The predicted molar refractivity (Wildman–Crippen MR) is 202 cm³/mol. The summed E-state index contributed by atoms with van der Waals surface area (Å²) >= 11 is 1.34. The molecule has 51 heavy (non-hydrogen) atoms. The Kier molecular flexibility index (Phi) is 18.7. The van der Waals surface area contributed by atoms with Gasteiger partial charge in [-0.15, -0.1) is 0 Å². The van der Waals surface area contributed by atoms with Gasteiger partial charge in [-0.05, 0) is 61.8 Å². The minimum Gasteiger partial charge on any atom is -0.493 e. The van der Waals surface area contributed by atoms with Crippen molar-refractivity contribution in [3.8, 4) is 17.2 Å². The molecule has 3 aromatic rings. The Labute approximate surface area is 305 Å². The Morgan fingerprint density at radius 2 is 1.53 bits per heavy atom. The van der Waals surface area contributed by atoms with Crippen LogP contribution < -0.4 is 29.3 Å². The Balaban J connectivity index is 1.54. The molecule has 0 bridgehead atoms. The van der Waals surface area contributed by atoms with Crippen LogP contribution in [0.1, 0.15) is 23.7 Å². The van der Waals surface area contributed by atoms with Gasteiger partial charge in [-0.1, -0.05) is 19.1 Å². The molecule has 0 atom stereocenters. The molecule has 278 valence electrons. The monoisotopic (exact) mass is 725 g/mol. The van der Waals surface area contributed by atoms with E-state index in [0.29, 0.717) is 80.4 Å². The lowest BCUT2D eigenvalue weighted by molar-refractivity contribution is -0.112. The third-order valence-electron chi connectivity index (χ3n) is 7.30. The van der Waals surface area contributed by atoms with Crippen molar-refractivity contribution in [2.45, 2.75) is 18.2 Å². The molecule has 0 spiro atoms. The van der Waals surface area contributed by atoms with Crippen LogP contribution in [0, 0.1) is 0 Å². The molecule has 14 heteroatoms. The lowest BCUT2D eigenvalue weighted by Crippen LogP contribution is -2.28. The van der Waals surface area contributed by atoms with E-state index in [4.69, 9.17) is 23.7 Å². The molecule has 0 aromatic heterocycles. The number of anilines is 3. The zero-order chi connectivity index (χ0) is 36.8. The van der Waals surface area contributed by atoms with Crippen molar-refractivity contribution in [2.24, 2.45) is 0 Å². The summed E-state index contributed by atoms with van der Waals surface area (Å²) in [5.74, 6) is 1.59. The Morgan fingerprint density at radius 3 is 2.25 bits per heavy atom. The molecule has 0 saturated heterocycles. The number of nitrogens with one attached hydrogen (secondary N) is 2. The molecule has 0 aliphatic carbocycles. The normalized spacial score (nSPS) is 10.9. The smallest absolute Gasteiger partial charge is 0.251 e. The summed E-state index contributed by atoms with van der Waals surface area (Å²) < 4.78 is 31.9. The fraction of sp³-hybridized carbons (Fsp3) is 0.432. The Morgan fingerprint density at radius 1 is 0.804 bits per heavy atom. The summed E-state index contributed by atoms with van der Waals surface area (Å²) in [6, 6.07) is 18.5. The van der Waals surface area contributed by atoms with Gasteiger partial charge in [0.2, 0.25) is 6.41 Å². The fourth-order valence-electron chi connectivity index (χ4n) is 4.55. The lowest BCUT2D eigenvalue weighted by atomic mass is 10.2. The second-order valence-corrected chi connectivity index (χ2v) is 12.5. The van der Waals surface area contributed by atoms with E-state index in [-0.39, 0.29) is 12.5 Å². The number of benzene rings is 3. The highest BCUT2D eigenvalue weighted by Gasteiger charge is 2.17. The Hall–Kier alpha value is -4.34. The van der Waals surface area contributed by atoms with E-state index in [1.165, 1.54) is 16.8 Å². The number of aldehydes is 1. The summed E-state index contributed by atoms with van der Waals surface area (Å²) in [5, 5.41) is 2.90. The molecule has 2 amide bonds. The summed E-state index contributed by atoms with van der Waals surface area (Å²) in [4.78, 5) is 41.2. The van der Waals surface area contributed by atoms with Crippen molar-refractivity contribution in [1.82, 2.24) is 10.2 Å². The van der Waals surface area contributed by atoms with E-state index in [0.717, 1.165) is 42.8 Å². The molecular weight excluding hydrogens is 675 g/mol. The molecule has 0 unspecified atom stereocenters. The maximum atomic E-state index is 12.9. The first kappa shape index (κ1) is 41.1. The molecule has 0 aliphatic rings. The first-order valence-corrected chi connectivity index (χ1v) is 17.7. The summed E-state index contributed by atoms with van der Waals surface area (Å²) in [6.45, 7) is 6.89. The van der Waals surface area contributed by atoms with Crippen LogP contribution in [0.4, 0.5) is 17.1 Å². The van der Waals surface area contributed by atoms with E-state index in [1.54, 1.807) is 13.1 Å². The molecular formula is C37H51N5O8S. The number of nitrogens with zero attached hydrogens (tertiary/aromatic N) is 3. The van der Waals surface area contributed by atoms with E-state index in [1.807, 2.05) is 87.6 Å². The number of carbonyl (C=O) groups is 3. The average molecular weight is 726 g/mol. The summed E-state index contributed by atoms with van der Waals surface area (Å²) in [5.41, 5.74) is 2.68. The summed E-state index contributed by atoms with van der Waals surface area (Å²) in [7, 11) is 7.47. The van der Waals surface area contributed by atoms with Gasteiger partial charge in [-0.2, -0.15) is 0 Å². The first-order chi connectivity index (χ1) is 24.7. The van der Waals surface area contributed by atoms with Gasteiger partial charge in [0.1, 0.15) is 24.4 Å². The van der Waals surface area contributed by atoms with Crippen LogP contribution in [0.2, 0.25) is 0 Å². The van der Waals surface area contributed by atoms with Crippen molar-refractivity contribution in [3.63, 3.8) is 0 Å². The number of likely N-dealkylation sites (N-methyl/N-ethyl adjacent to an activating group) is 1. The third kappa shape index (κ3) is 14.8. The standard InChI is InChI=1S/C37H51N5O8S/c1-6-17-49-30-10-8-11-31(25-30)50-36-27-35(42(5)28-44)34(40(2)3)26-33(36)39-51-32-12-7-9-29(24-32)37(45)38-13-18-46-22-23-48-20-15-41(4)14-19-47-21-16-43/h7-12,16,24-28,39H,6,13-15,17-23H2,1-5H3,(H,38,45). The third-order valence-corrected chi connectivity index (χ3v) is 8.11. The van der Waals surface area contributed by atoms with E-state index >= 15 is 0 Å². The van der Waals surface area contributed by atoms with Crippen molar-refractivity contribution >= 4 is 47.6 Å². The van der Waals surface area contributed by atoms with E-state index in [9.17, 15) is 14.4 Å². The highest BCUT2D eigenvalue weighted by Crippen LogP contribution is 2.42. The number of hydrogen-bond acceptors (Lipinski definition) is 12. The lowest BCUT2D eigenvalue weighted by Gasteiger charge is -2.24. The molecule has 0 heterocycles. The number of amides is 2. The molecule has 0 saturated carbocycles. The van der Waals surface area contributed by atoms with Gasteiger partial charge >= 0.3 is 0 Å². The van der Waals surface area contributed by atoms with Crippen LogP contribution in [-0.2, 0) is 23.8 Å². The van der Waals surface area contributed by atoms with Gasteiger partial charge < -0.3 is 53.2 Å². The number of carbonyl (C=O) groups excluding carboxylic acids is 3. The highest BCUT2D eigenvalue weighted by atomic mass is 32.2. The van der Waals surface area contributed by atoms with Gasteiger partial charge in [-0.3, -0.25) is 9.59 Å². The molecule has 0 radical (unpaired) electrons.